The van der Waals surface area contributed by atoms with Gasteiger partial charge in [0.2, 0.25) is 0 Å². The van der Waals surface area contributed by atoms with Gasteiger partial charge in [-0.2, -0.15) is 0 Å². The summed E-state index contributed by atoms with van der Waals surface area (Å²) in [4.78, 5) is 11.5. The van der Waals surface area contributed by atoms with E-state index in [2.05, 4.69) is 0 Å². The van der Waals surface area contributed by atoms with E-state index in [1.54, 1.807) is 37.3 Å². The Labute approximate surface area is 128 Å². The van der Waals surface area contributed by atoms with E-state index in [1.165, 1.54) is 0 Å². The van der Waals surface area contributed by atoms with Gasteiger partial charge in [-0.15, -0.1) is 0 Å². The van der Waals surface area contributed by atoms with Crippen molar-refractivity contribution in [1.29, 1.82) is 0 Å². The molecule has 2 N–H and O–H groups in total. The lowest BCUT2D eigenvalue weighted by molar-refractivity contribution is -0.142. The zero-order valence-electron chi connectivity index (χ0n) is 11.6. The minimum Gasteiger partial charge on any atom is -0.466 e. The molecule has 0 aromatic heterocycles. The maximum Gasteiger partial charge on any atom is 0.310 e. The summed E-state index contributed by atoms with van der Waals surface area (Å²) in [6, 6.07) is 12.4. The van der Waals surface area contributed by atoms with Crippen molar-refractivity contribution >= 4 is 23.3 Å². The SMILES string of the molecule is CCOC(=O)Cc1cccc(Oc2ccccc2Cl)c1N. The number of hydrogen-bond donors (Lipinski definition) is 1. The van der Waals surface area contributed by atoms with E-state index >= 15 is 0 Å². The number of para-hydroxylation sites is 2. The molecule has 110 valence electrons. The molecule has 0 amide bonds. The molecule has 0 unspecified atom stereocenters. The highest BCUT2D eigenvalue weighted by Crippen LogP contribution is 2.33. The average Bonchev–Trinajstić information content (AvgIpc) is 2.46. The predicted octanol–water partition coefficient (Wildman–Crippen LogP) is 3.82. The van der Waals surface area contributed by atoms with E-state index in [-0.39, 0.29) is 12.4 Å². The first kappa shape index (κ1) is 15.2. The molecular formula is C16H16ClNO3. The van der Waals surface area contributed by atoms with Gasteiger partial charge >= 0.3 is 5.97 Å². The molecule has 2 aromatic carbocycles. The normalized spacial score (nSPS) is 10.2. The molecule has 0 radical (unpaired) electrons. The number of nitrogen functional groups attached to an aromatic ring is 1. The van der Waals surface area contributed by atoms with Crippen LogP contribution in [-0.2, 0) is 16.0 Å². The lowest BCUT2D eigenvalue weighted by Crippen LogP contribution is -2.09. The van der Waals surface area contributed by atoms with Crippen molar-refractivity contribution in [1.82, 2.24) is 0 Å². The molecule has 2 rings (SSSR count). The summed E-state index contributed by atoms with van der Waals surface area (Å²) in [5.74, 6) is 0.656. The Morgan fingerprint density at radius 1 is 1.14 bits per heavy atom. The molecule has 0 fully saturated rings. The Morgan fingerprint density at radius 3 is 2.57 bits per heavy atom. The van der Waals surface area contributed by atoms with Crippen LogP contribution in [0.4, 0.5) is 5.69 Å². The molecule has 5 heteroatoms. The van der Waals surface area contributed by atoms with Gasteiger partial charge in [-0.3, -0.25) is 4.79 Å². The number of carbonyl (C=O) groups is 1. The van der Waals surface area contributed by atoms with E-state index in [0.29, 0.717) is 34.4 Å². The van der Waals surface area contributed by atoms with Gasteiger partial charge in [0.1, 0.15) is 5.75 Å². The van der Waals surface area contributed by atoms with Crippen LogP contribution in [0.2, 0.25) is 5.02 Å². The fourth-order valence-corrected chi connectivity index (χ4v) is 2.02. The zero-order valence-corrected chi connectivity index (χ0v) is 12.4. The van der Waals surface area contributed by atoms with Crippen molar-refractivity contribution in [2.24, 2.45) is 0 Å². The summed E-state index contributed by atoms with van der Waals surface area (Å²) in [6.07, 6.45) is 0.111. The summed E-state index contributed by atoms with van der Waals surface area (Å²) in [7, 11) is 0. The molecule has 0 aliphatic rings. The first-order chi connectivity index (χ1) is 10.1. The number of carbonyl (C=O) groups excluding carboxylic acids is 1. The highest BCUT2D eigenvalue weighted by Gasteiger charge is 2.12. The van der Waals surface area contributed by atoms with E-state index < -0.39 is 0 Å². The topological polar surface area (TPSA) is 61.5 Å². The largest absolute Gasteiger partial charge is 0.466 e. The second-order valence-electron chi connectivity index (χ2n) is 4.34. The molecule has 0 heterocycles. The van der Waals surface area contributed by atoms with Crippen LogP contribution in [0.3, 0.4) is 0 Å². The number of hydrogen-bond acceptors (Lipinski definition) is 4. The second-order valence-corrected chi connectivity index (χ2v) is 4.75. The number of benzene rings is 2. The maximum atomic E-state index is 11.5. The van der Waals surface area contributed by atoms with Gasteiger partial charge in [-0.25, -0.2) is 0 Å². The molecule has 0 saturated heterocycles. The van der Waals surface area contributed by atoms with Crippen molar-refractivity contribution in [3.63, 3.8) is 0 Å². The molecule has 0 saturated carbocycles. The lowest BCUT2D eigenvalue weighted by atomic mass is 10.1. The van der Waals surface area contributed by atoms with Gasteiger partial charge < -0.3 is 15.2 Å². The fourth-order valence-electron chi connectivity index (χ4n) is 1.85. The smallest absolute Gasteiger partial charge is 0.310 e. The van der Waals surface area contributed by atoms with Crippen molar-refractivity contribution < 1.29 is 14.3 Å². The monoisotopic (exact) mass is 305 g/mol. The molecule has 0 atom stereocenters. The van der Waals surface area contributed by atoms with Crippen LogP contribution in [0, 0.1) is 0 Å². The highest BCUT2D eigenvalue weighted by molar-refractivity contribution is 6.32. The van der Waals surface area contributed by atoms with Crippen molar-refractivity contribution in [3.05, 3.63) is 53.1 Å². The van der Waals surface area contributed by atoms with Gasteiger partial charge in [0, 0.05) is 0 Å². The molecule has 4 nitrogen and oxygen atoms in total. The number of nitrogens with two attached hydrogens (primary N) is 1. The summed E-state index contributed by atoms with van der Waals surface area (Å²) in [5, 5.41) is 0.493. The van der Waals surface area contributed by atoms with Gasteiger partial charge in [-0.05, 0) is 30.7 Å². The van der Waals surface area contributed by atoms with Gasteiger partial charge in [0.25, 0.3) is 0 Å². The first-order valence-corrected chi connectivity index (χ1v) is 6.95. The van der Waals surface area contributed by atoms with Gasteiger partial charge in [0.05, 0.1) is 23.7 Å². The third-order valence-corrected chi connectivity index (χ3v) is 3.17. The van der Waals surface area contributed by atoms with Gasteiger partial charge in [-0.1, -0.05) is 35.9 Å². The fraction of sp³-hybridized carbons (Fsp3) is 0.188. The van der Waals surface area contributed by atoms with Crippen LogP contribution < -0.4 is 10.5 Å². The number of halogens is 1. The Morgan fingerprint density at radius 2 is 1.86 bits per heavy atom. The Balaban J connectivity index is 2.22. The van der Waals surface area contributed by atoms with Crippen molar-refractivity contribution in [3.8, 4) is 11.5 Å². The van der Waals surface area contributed by atoms with Crippen LogP contribution in [0.15, 0.2) is 42.5 Å². The van der Waals surface area contributed by atoms with E-state index in [1.807, 2.05) is 12.1 Å². The van der Waals surface area contributed by atoms with Crippen molar-refractivity contribution in [2.45, 2.75) is 13.3 Å². The Bertz CT molecular complexity index is 643. The first-order valence-electron chi connectivity index (χ1n) is 6.57. The third kappa shape index (κ3) is 3.89. The minimum absolute atomic E-state index is 0.111. The van der Waals surface area contributed by atoms with Crippen LogP contribution in [0.5, 0.6) is 11.5 Å². The number of esters is 1. The molecule has 2 aromatic rings. The van der Waals surface area contributed by atoms with Gasteiger partial charge in [0.15, 0.2) is 5.75 Å². The zero-order chi connectivity index (χ0) is 15.2. The molecule has 0 aliphatic heterocycles. The molecule has 21 heavy (non-hydrogen) atoms. The highest BCUT2D eigenvalue weighted by atomic mass is 35.5. The number of anilines is 1. The standard InChI is InChI=1S/C16H16ClNO3/c1-2-20-15(19)10-11-6-5-9-14(16(11)18)21-13-8-4-3-7-12(13)17/h3-9H,2,10,18H2,1H3. The molecule has 0 spiro atoms. The van der Waals surface area contributed by atoms with Crippen LogP contribution in [0.25, 0.3) is 0 Å². The predicted molar refractivity (Wildman–Crippen MR) is 82.7 cm³/mol. The summed E-state index contributed by atoms with van der Waals surface area (Å²) in [6.45, 7) is 2.10. The Kier molecular flexibility index (Phi) is 5.06. The number of rotatable bonds is 5. The van der Waals surface area contributed by atoms with E-state index in [4.69, 9.17) is 26.8 Å². The summed E-state index contributed by atoms with van der Waals surface area (Å²) in [5.41, 5.74) is 7.12. The Hall–Kier alpha value is -2.20. The summed E-state index contributed by atoms with van der Waals surface area (Å²) < 4.78 is 10.6. The molecular weight excluding hydrogens is 290 g/mol. The number of ether oxygens (including phenoxy) is 2. The lowest BCUT2D eigenvalue weighted by Gasteiger charge is -2.12. The van der Waals surface area contributed by atoms with E-state index in [0.717, 1.165) is 0 Å². The van der Waals surface area contributed by atoms with Crippen LogP contribution in [0.1, 0.15) is 12.5 Å². The maximum absolute atomic E-state index is 11.5. The molecule has 0 bridgehead atoms. The average molecular weight is 306 g/mol. The second kappa shape index (κ2) is 6.99. The van der Waals surface area contributed by atoms with E-state index in [9.17, 15) is 4.79 Å². The van der Waals surface area contributed by atoms with Crippen LogP contribution in [-0.4, -0.2) is 12.6 Å². The quantitative estimate of drug-likeness (QED) is 0.674. The van der Waals surface area contributed by atoms with Crippen molar-refractivity contribution in [2.75, 3.05) is 12.3 Å². The minimum atomic E-state index is -0.320. The molecule has 0 aliphatic carbocycles. The summed E-state index contributed by atoms with van der Waals surface area (Å²) >= 11 is 6.05. The third-order valence-electron chi connectivity index (χ3n) is 2.85. The van der Waals surface area contributed by atoms with Crippen LogP contribution >= 0.6 is 11.6 Å².